The third-order valence-electron chi connectivity index (χ3n) is 12.7. The van der Waals surface area contributed by atoms with E-state index >= 15 is 0 Å². The van der Waals surface area contributed by atoms with Crippen molar-refractivity contribution in [3.05, 3.63) is 95.1 Å². The van der Waals surface area contributed by atoms with Gasteiger partial charge in [-0.2, -0.15) is 0 Å². The highest BCUT2D eigenvalue weighted by Gasteiger charge is 2.78. The van der Waals surface area contributed by atoms with E-state index in [9.17, 15) is 29.4 Å². The van der Waals surface area contributed by atoms with Gasteiger partial charge >= 0.3 is 23.9 Å². The molecule has 3 fully saturated rings. The Morgan fingerprint density at radius 3 is 1.52 bits per heavy atom. The SMILES string of the molecule is COC(=O)/C=C\C1=C[C@@H]2[C@H](C(=O)OC)[C@@H](c3ccc(OC)c(OC)c3)[C@H]1[C@H](O)[C@]21O[C@H]2[C@H]3C(/C=C/C(=O)OC)=C[C@H]([C@H](C(=O)OC)[C@H]3c3ccc(OC)c(OC)c3)[C@@]2(O)O1. The molecule has 0 aromatic heterocycles. The van der Waals surface area contributed by atoms with E-state index in [1.807, 2.05) is 0 Å². The topological polar surface area (TPSA) is 201 Å². The zero-order chi connectivity index (χ0) is 43.3. The maximum absolute atomic E-state index is 14.2. The Kier molecular flexibility index (Phi) is 11.6. The van der Waals surface area contributed by atoms with Crippen LogP contribution in [-0.2, 0) is 47.6 Å². The lowest BCUT2D eigenvalue weighted by Crippen LogP contribution is -2.66. The molecule has 320 valence electrons. The van der Waals surface area contributed by atoms with Gasteiger partial charge in [-0.3, -0.25) is 9.59 Å². The number of methoxy groups -OCH3 is 8. The quantitative estimate of drug-likeness (QED) is 0.179. The van der Waals surface area contributed by atoms with E-state index < -0.39 is 95.0 Å². The van der Waals surface area contributed by atoms with Gasteiger partial charge in [0.05, 0.1) is 68.7 Å². The molecule has 4 bridgehead atoms. The molecule has 16 nitrogen and oxygen atoms in total. The van der Waals surface area contributed by atoms with Gasteiger partial charge in [0, 0.05) is 47.7 Å². The van der Waals surface area contributed by atoms with Crippen molar-refractivity contribution in [1.29, 1.82) is 0 Å². The summed E-state index contributed by atoms with van der Waals surface area (Å²) in [4.78, 5) is 53.1. The normalized spacial score (nSPS) is 33.5. The summed E-state index contributed by atoms with van der Waals surface area (Å²) >= 11 is 0. The molecule has 16 heteroatoms. The number of allylic oxidation sites excluding steroid dienone is 2. The molecular weight excluding hydrogens is 784 g/mol. The van der Waals surface area contributed by atoms with Crippen LogP contribution in [0.4, 0.5) is 0 Å². The van der Waals surface area contributed by atoms with Gasteiger partial charge in [-0.05, 0) is 46.5 Å². The van der Waals surface area contributed by atoms with Crippen LogP contribution in [-0.4, -0.2) is 115 Å². The first-order chi connectivity index (χ1) is 28.8. The standard InChI is InChI=1S/C44H48O16/c1-51-27-13-9-23(19-29(27)53-3)33-35-21(11-15-31(45)55-5)18-26(38(33)42(49)58-8)44(39(35)47)59-40-36-22(12-16-32(46)56-6)17-25(43(40,50)60-44)37(41(48)57-7)34(36)24-10-14-28(52-2)30(20-24)54-4/h9-20,25-26,33-40,47,50H,1-8H3/b15-11-,16-12+/t25-,26-,33+,34+,35+,36+,37+,38+,39+,40+,43-,44+/m1/s1. The molecule has 0 unspecified atom stereocenters. The lowest BCUT2D eigenvalue weighted by atomic mass is 9.53. The highest BCUT2D eigenvalue weighted by molar-refractivity contribution is 5.83. The summed E-state index contributed by atoms with van der Waals surface area (Å²) in [6.45, 7) is 0. The maximum Gasteiger partial charge on any atom is 0.330 e. The van der Waals surface area contributed by atoms with Crippen molar-refractivity contribution in [3.8, 4) is 23.0 Å². The van der Waals surface area contributed by atoms with Crippen LogP contribution in [0.15, 0.2) is 84.0 Å². The second kappa shape index (κ2) is 16.4. The molecule has 2 saturated carbocycles. The van der Waals surface area contributed by atoms with Gasteiger partial charge < -0.3 is 57.6 Å². The number of carbonyl (C=O) groups is 4. The minimum Gasteiger partial charge on any atom is -0.493 e. The van der Waals surface area contributed by atoms with Crippen LogP contribution >= 0.6 is 0 Å². The average Bonchev–Trinajstić information content (AvgIpc) is 3.62. The summed E-state index contributed by atoms with van der Waals surface area (Å²) in [5.41, 5.74) is 2.11. The Balaban J connectivity index is 1.43. The molecule has 1 saturated heterocycles. The average molecular weight is 833 g/mol. The van der Waals surface area contributed by atoms with Crippen LogP contribution in [0, 0.1) is 35.5 Å². The molecular formula is C44H48O16. The summed E-state index contributed by atoms with van der Waals surface area (Å²) in [5, 5.41) is 25.9. The van der Waals surface area contributed by atoms with Gasteiger partial charge in [-0.1, -0.05) is 36.4 Å². The first-order valence-electron chi connectivity index (χ1n) is 19.1. The summed E-state index contributed by atoms with van der Waals surface area (Å²) in [5.74, 6) is -13.7. The van der Waals surface area contributed by atoms with Gasteiger partial charge in [0.2, 0.25) is 11.6 Å². The first-order valence-corrected chi connectivity index (χ1v) is 19.1. The summed E-state index contributed by atoms with van der Waals surface area (Å²) < 4.78 is 56.6. The minimum atomic E-state index is -2.31. The molecule has 1 spiro atoms. The second-order valence-electron chi connectivity index (χ2n) is 15.1. The van der Waals surface area contributed by atoms with E-state index in [1.54, 1.807) is 48.6 Å². The largest absolute Gasteiger partial charge is 0.493 e. The molecule has 1 heterocycles. The fourth-order valence-corrected chi connectivity index (χ4v) is 10.2. The number of aliphatic hydroxyl groups excluding tert-OH is 1. The smallest absolute Gasteiger partial charge is 0.330 e. The fourth-order valence-electron chi connectivity index (χ4n) is 10.2. The number of benzene rings is 2. The van der Waals surface area contributed by atoms with Crippen LogP contribution in [0.1, 0.15) is 23.0 Å². The number of esters is 4. The molecule has 2 aromatic carbocycles. The number of fused-ring (bicyclic) bond motifs is 2. The first kappa shape index (κ1) is 42.4. The molecule has 12 atom stereocenters. The molecule has 0 radical (unpaired) electrons. The molecule has 0 amide bonds. The molecule has 2 aromatic rings. The van der Waals surface area contributed by atoms with E-state index in [-0.39, 0.29) is 0 Å². The van der Waals surface area contributed by atoms with Gasteiger partial charge in [0.15, 0.2) is 23.0 Å². The highest BCUT2D eigenvalue weighted by atomic mass is 16.8. The number of rotatable bonds is 12. The maximum atomic E-state index is 14.2. The van der Waals surface area contributed by atoms with E-state index in [4.69, 9.17) is 47.4 Å². The molecule has 6 aliphatic carbocycles. The molecule has 1 aliphatic heterocycles. The van der Waals surface area contributed by atoms with E-state index in [2.05, 4.69) is 0 Å². The van der Waals surface area contributed by atoms with E-state index in [0.29, 0.717) is 45.3 Å². The molecule has 7 aliphatic rings. The van der Waals surface area contributed by atoms with Crippen molar-refractivity contribution >= 4 is 23.9 Å². The van der Waals surface area contributed by atoms with E-state index in [1.165, 1.54) is 81.2 Å². The Bertz CT molecular complexity index is 2170. The molecule has 9 rings (SSSR count). The van der Waals surface area contributed by atoms with Crippen LogP contribution in [0.5, 0.6) is 23.0 Å². The third-order valence-corrected chi connectivity index (χ3v) is 12.7. The predicted octanol–water partition coefficient (Wildman–Crippen LogP) is 3.16. The van der Waals surface area contributed by atoms with Crippen molar-refractivity contribution in [3.63, 3.8) is 0 Å². The van der Waals surface area contributed by atoms with Crippen LogP contribution in [0.2, 0.25) is 0 Å². The predicted molar refractivity (Wildman–Crippen MR) is 208 cm³/mol. The lowest BCUT2D eigenvalue weighted by molar-refractivity contribution is -0.335. The van der Waals surface area contributed by atoms with Crippen molar-refractivity contribution in [2.24, 2.45) is 35.5 Å². The second-order valence-corrected chi connectivity index (χ2v) is 15.1. The number of aliphatic hydroxyl groups is 2. The number of ether oxygens (including phenoxy) is 10. The monoisotopic (exact) mass is 832 g/mol. The summed E-state index contributed by atoms with van der Waals surface area (Å²) in [6, 6.07) is 10.3. The van der Waals surface area contributed by atoms with E-state index in [0.717, 1.165) is 0 Å². The summed E-state index contributed by atoms with van der Waals surface area (Å²) in [7, 11) is 10.9. The summed E-state index contributed by atoms with van der Waals surface area (Å²) in [6.07, 6.45) is 5.82. The van der Waals surface area contributed by atoms with Gasteiger partial charge in [-0.15, -0.1) is 0 Å². The Morgan fingerprint density at radius 2 is 1.05 bits per heavy atom. The van der Waals surface area contributed by atoms with Crippen molar-refractivity contribution in [2.45, 2.75) is 35.6 Å². The Hall–Kier alpha value is -5.68. The van der Waals surface area contributed by atoms with Crippen LogP contribution in [0.25, 0.3) is 0 Å². The van der Waals surface area contributed by atoms with Crippen molar-refractivity contribution < 1.29 is 76.8 Å². The fraction of sp³-hybridized carbons (Fsp3) is 0.455. The zero-order valence-corrected chi connectivity index (χ0v) is 34.3. The highest BCUT2D eigenvalue weighted by Crippen LogP contribution is 2.68. The van der Waals surface area contributed by atoms with Gasteiger partial charge in [-0.25, -0.2) is 9.59 Å². The number of hydrogen-bond donors (Lipinski definition) is 2. The number of carbonyl (C=O) groups excluding carboxylic acids is 4. The Morgan fingerprint density at radius 1 is 0.600 bits per heavy atom. The lowest BCUT2D eigenvalue weighted by Gasteiger charge is -2.56. The van der Waals surface area contributed by atoms with Crippen LogP contribution in [0.3, 0.4) is 0 Å². The van der Waals surface area contributed by atoms with Crippen LogP contribution < -0.4 is 18.9 Å². The third kappa shape index (κ3) is 6.53. The van der Waals surface area contributed by atoms with Gasteiger partial charge in [0.1, 0.15) is 12.2 Å². The van der Waals surface area contributed by atoms with Gasteiger partial charge in [0.25, 0.3) is 0 Å². The molecule has 60 heavy (non-hydrogen) atoms. The zero-order valence-electron chi connectivity index (χ0n) is 34.3. The van der Waals surface area contributed by atoms with Crippen molar-refractivity contribution in [2.75, 3.05) is 56.9 Å². The van der Waals surface area contributed by atoms with Crippen molar-refractivity contribution in [1.82, 2.24) is 0 Å². The Labute approximate surface area is 346 Å². The number of hydrogen-bond acceptors (Lipinski definition) is 16. The minimum absolute atomic E-state index is 0.360. The molecule has 2 N–H and O–H groups in total.